The van der Waals surface area contributed by atoms with Gasteiger partial charge in [0.05, 0.1) is 13.7 Å². The standard InChI is InChI=1S/C52H36N2O.C34H22ClNO.C18H15N/c1-4-15-37(16-5-1)38-27-29-43(30-28-38)53(41-19-6-2-7-20-41)45-33-40(48-25-14-18-39-17-10-11-23-47(39)48)34-46(35-45)54(42-21-8-3-9-22-42)44-31-32-52-50(36-44)49-24-12-13-26-51(49)55-52;35-25-19-24(30-15-8-10-23-9-4-5-13-29(23)30)20-28(21-25)36(26-11-2-1-3-12-26)27-17-18-34-32(22-27)31-14-6-7-16-33(31)37-34;1-3-7-15(8-4-1)16-11-13-18(14-12-16)19-17-9-5-2-6-10-17/h1-36H;1-22H;1-14,19H/i2D,6D,7D,19D,20D;;2D,5D,6D,9D,10D. The Balaban J connectivity index is 0.000000139. The molecule has 2 heterocycles. The fourth-order valence-electron chi connectivity index (χ4n) is 14.6. The Morgan fingerprint density at radius 2 is 0.586 bits per heavy atom. The average molecular weight is 1460 g/mol. The van der Waals surface area contributed by atoms with E-state index >= 15 is 0 Å². The number of rotatable bonds is 15. The lowest BCUT2D eigenvalue weighted by atomic mass is 9.96. The molecule has 0 aliphatic rings. The lowest BCUT2D eigenvalue weighted by Crippen LogP contribution is -2.13. The molecule has 20 rings (SSSR count). The third-order valence-electron chi connectivity index (χ3n) is 19.7. The van der Waals surface area contributed by atoms with E-state index in [4.69, 9.17) is 31.4 Å². The molecule has 111 heavy (non-hydrogen) atoms. The average Bonchev–Trinajstić information content (AvgIpc) is 1.75. The minimum atomic E-state index is -0.448. The van der Waals surface area contributed by atoms with Crippen molar-refractivity contribution in [2.75, 3.05) is 20.0 Å². The van der Waals surface area contributed by atoms with Crippen molar-refractivity contribution in [3.8, 4) is 44.5 Å². The third-order valence-corrected chi connectivity index (χ3v) is 19.9. The molecule has 0 spiro atoms. The number of nitrogens with one attached hydrogen (secondary N) is 1. The van der Waals surface area contributed by atoms with Crippen LogP contribution in [0.5, 0.6) is 0 Å². The summed E-state index contributed by atoms with van der Waals surface area (Å²) in [6, 6.07) is 123. The summed E-state index contributed by atoms with van der Waals surface area (Å²) >= 11 is 6.78. The smallest absolute Gasteiger partial charge is 0.135 e. The van der Waals surface area contributed by atoms with Crippen LogP contribution in [0.1, 0.15) is 13.7 Å². The monoisotopic (exact) mass is 1450 g/mol. The maximum absolute atomic E-state index is 9.27. The van der Waals surface area contributed by atoms with Crippen molar-refractivity contribution < 1.29 is 22.5 Å². The zero-order valence-electron chi connectivity index (χ0n) is 69.8. The van der Waals surface area contributed by atoms with Crippen LogP contribution in [-0.2, 0) is 0 Å². The van der Waals surface area contributed by atoms with Crippen molar-refractivity contribution in [2.24, 2.45) is 0 Å². The van der Waals surface area contributed by atoms with Crippen LogP contribution in [0.4, 0.5) is 62.6 Å². The molecule has 0 saturated carbocycles. The molecule has 0 saturated heterocycles. The van der Waals surface area contributed by atoms with Crippen molar-refractivity contribution in [1.82, 2.24) is 0 Å². The number of furan rings is 2. The van der Waals surface area contributed by atoms with E-state index in [0.717, 1.165) is 133 Å². The Morgan fingerprint density at radius 3 is 1.08 bits per heavy atom. The van der Waals surface area contributed by atoms with Crippen molar-refractivity contribution >= 4 is 140 Å². The van der Waals surface area contributed by atoms with Gasteiger partial charge in [0.15, 0.2) is 0 Å². The minimum absolute atomic E-state index is 0.0482. The third kappa shape index (κ3) is 14.6. The minimum Gasteiger partial charge on any atom is -0.456 e. The summed E-state index contributed by atoms with van der Waals surface area (Å²) in [6.45, 7) is 0. The van der Waals surface area contributed by atoms with Crippen LogP contribution in [0.15, 0.2) is 445 Å². The van der Waals surface area contributed by atoms with Crippen molar-refractivity contribution in [3.63, 3.8) is 0 Å². The first kappa shape index (κ1) is 57.8. The zero-order chi connectivity index (χ0) is 82.9. The van der Waals surface area contributed by atoms with Gasteiger partial charge in [-0.2, -0.15) is 0 Å². The van der Waals surface area contributed by atoms with E-state index in [1.165, 1.54) is 10.8 Å². The molecule has 2 aromatic heterocycles. The normalized spacial score (nSPS) is 12.4. The van der Waals surface area contributed by atoms with Crippen LogP contribution >= 0.6 is 11.6 Å². The van der Waals surface area contributed by atoms with Gasteiger partial charge in [0.1, 0.15) is 22.3 Å². The van der Waals surface area contributed by atoms with Gasteiger partial charge >= 0.3 is 0 Å². The van der Waals surface area contributed by atoms with Gasteiger partial charge < -0.3 is 28.9 Å². The second-order valence-electron chi connectivity index (χ2n) is 26.7. The lowest BCUT2D eigenvalue weighted by Gasteiger charge is -2.30. The maximum atomic E-state index is 9.27. The number of fused-ring (bicyclic) bond motifs is 8. The fourth-order valence-corrected chi connectivity index (χ4v) is 14.8. The highest BCUT2D eigenvalue weighted by molar-refractivity contribution is 6.31. The van der Waals surface area contributed by atoms with Gasteiger partial charge in [0.25, 0.3) is 0 Å². The second-order valence-corrected chi connectivity index (χ2v) is 27.1. The molecule has 0 aliphatic carbocycles. The second kappa shape index (κ2) is 31.2. The first-order valence-corrected chi connectivity index (χ1v) is 36.9. The number of para-hydroxylation sites is 6. The predicted molar refractivity (Wildman–Crippen MR) is 469 cm³/mol. The summed E-state index contributed by atoms with van der Waals surface area (Å²) in [6.07, 6.45) is 0. The summed E-state index contributed by atoms with van der Waals surface area (Å²) in [5.41, 5.74) is 19.3. The molecule has 7 heteroatoms. The summed E-state index contributed by atoms with van der Waals surface area (Å²) < 4.78 is 95.8. The Morgan fingerprint density at radius 1 is 0.225 bits per heavy atom. The van der Waals surface area contributed by atoms with Crippen LogP contribution in [0, 0.1) is 0 Å². The van der Waals surface area contributed by atoms with Gasteiger partial charge in [-0.1, -0.05) is 291 Å². The molecular formula is C104H73ClN4O2. The maximum Gasteiger partial charge on any atom is 0.135 e. The van der Waals surface area contributed by atoms with Gasteiger partial charge in [-0.05, 0) is 224 Å². The Labute approximate surface area is 664 Å². The number of hydrogen-bond acceptors (Lipinski definition) is 6. The quantitative estimate of drug-likeness (QED) is 0.110. The van der Waals surface area contributed by atoms with Gasteiger partial charge in [-0.15, -0.1) is 0 Å². The summed E-state index contributed by atoms with van der Waals surface area (Å²) in [4.78, 5) is 6.24. The SMILES string of the molecule is Clc1cc(-c2cccc3ccccc23)cc(N(c2ccccc2)c2ccc3oc4ccccc4c3c2)c1.[2H]c1c([2H])c([2H])c(N(c2ccc(-c3ccccc3)cc2)c2cc(-c3cccc4ccccc34)cc(N(c3ccccc3)c3ccc4oc5ccccc5c4c3)c2)c([2H])c1[2H].[2H]c1c([2H])c([2H])c(Nc2ccc(-c3ccccc3)cc2)c([2H])c1[2H]. The van der Waals surface area contributed by atoms with E-state index in [-0.39, 0.29) is 47.6 Å². The van der Waals surface area contributed by atoms with Crippen LogP contribution in [-0.4, -0.2) is 0 Å². The molecule has 0 amide bonds. The highest BCUT2D eigenvalue weighted by atomic mass is 35.5. The molecular weight excluding hydrogens is 1370 g/mol. The molecule has 0 radical (unpaired) electrons. The molecule has 0 fully saturated rings. The highest BCUT2D eigenvalue weighted by Crippen LogP contribution is 2.47. The van der Waals surface area contributed by atoms with E-state index in [9.17, 15) is 2.74 Å². The van der Waals surface area contributed by atoms with Gasteiger partial charge in [0.2, 0.25) is 0 Å². The topological polar surface area (TPSA) is 48.0 Å². The summed E-state index contributed by atoms with van der Waals surface area (Å²) in [5, 5.41) is 12.4. The Bertz CT molecular complexity index is 7220. The number of hydrogen-bond donors (Lipinski definition) is 1. The number of nitrogens with zero attached hydrogens (tertiary/aromatic N) is 3. The molecule has 6 nitrogen and oxygen atoms in total. The zero-order valence-corrected chi connectivity index (χ0v) is 60.6. The van der Waals surface area contributed by atoms with E-state index in [0.29, 0.717) is 22.1 Å². The van der Waals surface area contributed by atoms with Crippen LogP contribution < -0.4 is 20.0 Å². The molecule has 20 aromatic rings. The number of anilines is 11. The van der Waals surface area contributed by atoms with Crippen LogP contribution in [0.2, 0.25) is 5.02 Å². The lowest BCUT2D eigenvalue weighted by molar-refractivity contribution is 0.668. The Hall–Kier alpha value is -14.4. The van der Waals surface area contributed by atoms with Crippen molar-refractivity contribution in [1.29, 1.82) is 0 Å². The van der Waals surface area contributed by atoms with Gasteiger partial charge in [-0.25, -0.2) is 0 Å². The highest BCUT2D eigenvalue weighted by Gasteiger charge is 2.23. The van der Waals surface area contributed by atoms with Gasteiger partial charge in [0, 0.05) is 89.1 Å². The largest absolute Gasteiger partial charge is 0.456 e. The molecule has 0 unspecified atom stereocenters. The molecule has 1 N–H and O–H groups in total. The van der Waals surface area contributed by atoms with E-state index in [2.05, 4.69) is 173 Å². The van der Waals surface area contributed by atoms with Gasteiger partial charge in [-0.3, -0.25) is 0 Å². The number of halogens is 1. The van der Waals surface area contributed by atoms with Crippen molar-refractivity contribution in [3.05, 3.63) is 442 Å². The summed E-state index contributed by atoms with van der Waals surface area (Å²) in [5.74, 6) is 0. The predicted octanol–water partition coefficient (Wildman–Crippen LogP) is 30.6. The summed E-state index contributed by atoms with van der Waals surface area (Å²) in [7, 11) is 0. The Kier molecular flexibility index (Phi) is 16.2. The molecule has 18 aromatic carbocycles. The number of benzene rings is 18. The van der Waals surface area contributed by atoms with E-state index in [1.54, 1.807) is 4.90 Å². The molecule has 0 aliphatic heterocycles. The van der Waals surface area contributed by atoms with Crippen LogP contribution in [0.3, 0.4) is 0 Å². The first-order valence-electron chi connectivity index (χ1n) is 41.5. The fraction of sp³-hybridized carbons (Fsp3) is 0. The first-order chi connectivity index (χ1) is 59.1. The molecule has 0 atom stereocenters. The van der Waals surface area contributed by atoms with E-state index in [1.807, 2.05) is 218 Å². The van der Waals surface area contributed by atoms with E-state index < -0.39 is 24.2 Å². The molecule has 528 valence electrons. The van der Waals surface area contributed by atoms with Crippen LogP contribution in [0.25, 0.3) is 110 Å². The molecule has 0 bridgehead atoms. The van der Waals surface area contributed by atoms with Crippen molar-refractivity contribution in [2.45, 2.75) is 0 Å².